The number of hydrogen-bond acceptors (Lipinski definition) is 4. The van der Waals surface area contributed by atoms with Gasteiger partial charge in [0.15, 0.2) is 0 Å². The zero-order valence-electron chi connectivity index (χ0n) is 16.4. The molecule has 0 aliphatic rings. The van der Waals surface area contributed by atoms with Gasteiger partial charge in [-0.05, 0) is 48.7 Å². The molecule has 0 aliphatic heterocycles. The lowest BCUT2D eigenvalue weighted by Gasteiger charge is -2.09. The smallest absolute Gasteiger partial charge is 0.269 e. The lowest BCUT2D eigenvalue weighted by Crippen LogP contribution is -2.40. The van der Waals surface area contributed by atoms with Crippen LogP contribution in [0.4, 0.5) is 0 Å². The normalized spacial score (nSPS) is 10.7. The first-order valence-corrected chi connectivity index (χ1v) is 9.14. The molecule has 2 N–H and O–H groups in total. The first-order valence-electron chi connectivity index (χ1n) is 9.14. The van der Waals surface area contributed by atoms with Crippen LogP contribution >= 0.6 is 0 Å². The van der Waals surface area contributed by atoms with Crippen molar-refractivity contribution >= 4 is 17.9 Å². The summed E-state index contributed by atoms with van der Waals surface area (Å²) in [5, 5.41) is 0. The van der Waals surface area contributed by atoms with Crippen LogP contribution in [-0.4, -0.2) is 25.5 Å². The van der Waals surface area contributed by atoms with Gasteiger partial charge in [0.25, 0.3) is 11.8 Å². The van der Waals surface area contributed by atoms with Crippen molar-refractivity contribution in [1.29, 1.82) is 0 Å². The van der Waals surface area contributed by atoms with Crippen LogP contribution in [0.2, 0.25) is 0 Å². The fourth-order valence-corrected chi connectivity index (χ4v) is 2.32. The Kier molecular flexibility index (Phi) is 8.09. The fraction of sp³-hybridized carbons (Fsp3) is 0.273. The van der Waals surface area contributed by atoms with Gasteiger partial charge in [0, 0.05) is 17.2 Å². The van der Waals surface area contributed by atoms with Crippen LogP contribution in [-0.2, 0) is 4.79 Å². The summed E-state index contributed by atoms with van der Waals surface area (Å²) in [7, 11) is 1.56. The zero-order chi connectivity index (χ0) is 20.4. The molecule has 0 saturated carbocycles. The molecule has 0 fully saturated rings. The maximum Gasteiger partial charge on any atom is 0.269 e. The van der Waals surface area contributed by atoms with Crippen LogP contribution in [0.15, 0.2) is 54.6 Å². The number of benzene rings is 2. The van der Waals surface area contributed by atoms with Crippen LogP contribution < -0.4 is 20.3 Å². The first kappa shape index (κ1) is 21.0. The minimum atomic E-state index is -0.451. The Hall–Kier alpha value is -3.28. The molecule has 2 aromatic rings. The average Bonchev–Trinajstić information content (AvgIpc) is 2.71. The molecule has 0 unspecified atom stereocenters. The van der Waals surface area contributed by atoms with E-state index >= 15 is 0 Å². The van der Waals surface area contributed by atoms with E-state index in [2.05, 4.69) is 24.7 Å². The summed E-state index contributed by atoms with van der Waals surface area (Å²) in [4.78, 5) is 24.0. The highest BCUT2D eigenvalue weighted by atomic mass is 16.5. The summed E-state index contributed by atoms with van der Waals surface area (Å²) >= 11 is 0. The van der Waals surface area contributed by atoms with Crippen molar-refractivity contribution in [2.24, 2.45) is 5.92 Å². The number of ether oxygens (including phenoxy) is 2. The molecule has 28 heavy (non-hydrogen) atoms. The Morgan fingerprint density at radius 1 is 1.04 bits per heavy atom. The SMILES string of the molecule is COc1ccccc1/C=C/C(=O)NNC(=O)c1ccc(OCCC(C)C)cc1. The molecular formula is C22H26N2O4. The summed E-state index contributed by atoms with van der Waals surface area (Å²) < 4.78 is 10.8. The fourth-order valence-electron chi connectivity index (χ4n) is 2.32. The van der Waals surface area contributed by atoms with Gasteiger partial charge in [-0.25, -0.2) is 0 Å². The molecule has 0 radical (unpaired) electrons. The monoisotopic (exact) mass is 382 g/mol. The minimum Gasteiger partial charge on any atom is -0.496 e. The Morgan fingerprint density at radius 2 is 1.75 bits per heavy atom. The van der Waals surface area contributed by atoms with Gasteiger partial charge < -0.3 is 9.47 Å². The summed E-state index contributed by atoms with van der Waals surface area (Å²) in [6.45, 7) is 4.91. The first-order chi connectivity index (χ1) is 13.5. The van der Waals surface area contributed by atoms with E-state index < -0.39 is 11.8 Å². The highest BCUT2D eigenvalue weighted by Gasteiger charge is 2.07. The number of nitrogens with one attached hydrogen (secondary N) is 2. The minimum absolute atomic E-state index is 0.409. The highest BCUT2D eigenvalue weighted by molar-refractivity contribution is 5.98. The van der Waals surface area contributed by atoms with Crippen LogP contribution in [0.5, 0.6) is 11.5 Å². The van der Waals surface area contributed by atoms with E-state index in [9.17, 15) is 9.59 Å². The predicted octanol–water partition coefficient (Wildman–Crippen LogP) is 3.59. The maximum atomic E-state index is 12.1. The van der Waals surface area contributed by atoms with Crippen LogP contribution in [0.3, 0.4) is 0 Å². The zero-order valence-corrected chi connectivity index (χ0v) is 16.4. The quantitative estimate of drug-likeness (QED) is 0.540. The lowest BCUT2D eigenvalue weighted by molar-refractivity contribution is -0.117. The summed E-state index contributed by atoms with van der Waals surface area (Å²) in [6, 6.07) is 14.1. The van der Waals surface area contributed by atoms with Gasteiger partial charge in [0.05, 0.1) is 13.7 Å². The number of carbonyl (C=O) groups excluding carboxylic acids is 2. The molecule has 2 rings (SSSR count). The molecule has 0 aromatic heterocycles. The van der Waals surface area contributed by atoms with Crippen molar-refractivity contribution in [2.45, 2.75) is 20.3 Å². The van der Waals surface area contributed by atoms with E-state index in [1.165, 1.54) is 6.08 Å². The number of rotatable bonds is 8. The van der Waals surface area contributed by atoms with Crippen LogP contribution in [0, 0.1) is 5.92 Å². The van der Waals surface area contributed by atoms with E-state index in [0.29, 0.717) is 29.6 Å². The average molecular weight is 382 g/mol. The second kappa shape index (κ2) is 10.8. The van der Waals surface area contributed by atoms with Gasteiger partial charge in [0.2, 0.25) is 0 Å². The molecule has 2 amide bonds. The van der Waals surface area contributed by atoms with Crippen molar-refractivity contribution in [3.05, 3.63) is 65.7 Å². The Morgan fingerprint density at radius 3 is 2.43 bits per heavy atom. The number of methoxy groups -OCH3 is 1. The predicted molar refractivity (Wildman–Crippen MR) is 109 cm³/mol. The second-order valence-corrected chi connectivity index (χ2v) is 6.57. The van der Waals surface area contributed by atoms with Gasteiger partial charge in [0.1, 0.15) is 11.5 Å². The molecule has 0 atom stereocenters. The van der Waals surface area contributed by atoms with Gasteiger partial charge >= 0.3 is 0 Å². The molecule has 0 heterocycles. The third kappa shape index (κ3) is 6.79. The molecular weight excluding hydrogens is 356 g/mol. The second-order valence-electron chi connectivity index (χ2n) is 6.57. The molecule has 148 valence electrons. The van der Waals surface area contributed by atoms with Gasteiger partial charge in [-0.1, -0.05) is 32.0 Å². The molecule has 0 spiro atoms. The third-order valence-corrected chi connectivity index (χ3v) is 3.93. The van der Waals surface area contributed by atoms with Crippen molar-refractivity contribution < 1.29 is 19.1 Å². The molecule has 0 aliphatic carbocycles. The Labute approximate surface area is 165 Å². The Balaban J connectivity index is 1.82. The number of para-hydroxylation sites is 1. The summed E-state index contributed by atoms with van der Waals surface area (Å²) in [5.41, 5.74) is 5.92. The van der Waals surface area contributed by atoms with E-state index in [-0.39, 0.29) is 0 Å². The molecule has 2 aromatic carbocycles. The number of hydrazine groups is 1. The van der Waals surface area contributed by atoms with E-state index in [0.717, 1.165) is 12.0 Å². The van der Waals surface area contributed by atoms with Gasteiger partial charge in [-0.2, -0.15) is 0 Å². The van der Waals surface area contributed by atoms with Crippen molar-refractivity contribution in [2.75, 3.05) is 13.7 Å². The van der Waals surface area contributed by atoms with Crippen LogP contribution in [0.25, 0.3) is 6.08 Å². The number of hydrogen-bond donors (Lipinski definition) is 2. The number of amides is 2. The van der Waals surface area contributed by atoms with Crippen LogP contribution in [0.1, 0.15) is 36.2 Å². The standard InChI is InChI=1S/C22H26N2O4/c1-16(2)14-15-28-19-11-8-18(9-12-19)22(26)24-23-21(25)13-10-17-6-4-5-7-20(17)27-3/h4-13,16H,14-15H2,1-3H3,(H,23,25)(H,24,26)/b13-10+. The van der Waals surface area contributed by atoms with E-state index in [1.54, 1.807) is 43.5 Å². The Bertz CT molecular complexity index is 814. The molecule has 0 bridgehead atoms. The van der Waals surface area contributed by atoms with Crippen molar-refractivity contribution in [3.8, 4) is 11.5 Å². The molecule has 6 heteroatoms. The lowest BCUT2D eigenvalue weighted by atomic mass is 10.1. The highest BCUT2D eigenvalue weighted by Crippen LogP contribution is 2.18. The molecule has 6 nitrogen and oxygen atoms in total. The largest absolute Gasteiger partial charge is 0.496 e. The third-order valence-electron chi connectivity index (χ3n) is 3.93. The summed E-state index contributed by atoms with van der Waals surface area (Å²) in [5.74, 6) is 1.08. The van der Waals surface area contributed by atoms with Gasteiger partial charge in [-0.15, -0.1) is 0 Å². The number of carbonyl (C=O) groups is 2. The van der Waals surface area contributed by atoms with E-state index in [1.807, 2.05) is 18.2 Å². The van der Waals surface area contributed by atoms with Crippen molar-refractivity contribution in [3.63, 3.8) is 0 Å². The van der Waals surface area contributed by atoms with Crippen molar-refractivity contribution in [1.82, 2.24) is 10.9 Å². The van der Waals surface area contributed by atoms with Gasteiger partial charge in [-0.3, -0.25) is 20.4 Å². The topological polar surface area (TPSA) is 76.7 Å². The maximum absolute atomic E-state index is 12.1. The van der Waals surface area contributed by atoms with E-state index in [4.69, 9.17) is 9.47 Å². The summed E-state index contributed by atoms with van der Waals surface area (Å²) in [6.07, 6.45) is 3.91. The molecule has 0 saturated heterocycles.